The molecule has 20 heavy (non-hydrogen) atoms. The molecule has 0 spiro atoms. The molecule has 1 rings (SSSR count). The molecule has 0 aliphatic rings. The molecule has 1 aromatic rings. The van der Waals surface area contributed by atoms with Gasteiger partial charge in [0, 0.05) is 5.92 Å². The van der Waals surface area contributed by atoms with E-state index in [1.165, 1.54) is 0 Å². The minimum absolute atomic E-state index is 0.175. The molecule has 0 amide bonds. The lowest BCUT2D eigenvalue weighted by atomic mass is 10.0. The van der Waals surface area contributed by atoms with E-state index in [-0.39, 0.29) is 5.75 Å². The van der Waals surface area contributed by atoms with Crippen molar-refractivity contribution in [3.63, 3.8) is 0 Å². The molecule has 4 nitrogen and oxygen atoms in total. The summed E-state index contributed by atoms with van der Waals surface area (Å²) in [6.07, 6.45) is 2.21. The van der Waals surface area contributed by atoms with Gasteiger partial charge in [-0.1, -0.05) is 12.1 Å². The number of carbonyl (C=O) groups excluding carboxylic acids is 1. The van der Waals surface area contributed by atoms with Crippen molar-refractivity contribution in [1.82, 2.24) is 0 Å². The van der Waals surface area contributed by atoms with Gasteiger partial charge >= 0.3 is 0 Å². The molecule has 1 aromatic carbocycles. The third-order valence-electron chi connectivity index (χ3n) is 3.16. The molecule has 0 bridgehead atoms. The summed E-state index contributed by atoms with van der Waals surface area (Å²) < 4.78 is 28.4. The highest BCUT2D eigenvalue weighted by atomic mass is 32.2. The van der Waals surface area contributed by atoms with E-state index < -0.39 is 20.5 Å². The number of sulfone groups is 1. The van der Waals surface area contributed by atoms with Crippen LogP contribution in [0.5, 0.6) is 5.75 Å². The van der Waals surface area contributed by atoms with Gasteiger partial charge in [-0.05, 0) is 44.9 Å². The Labute approximate surface area is 121 Å². The van der Waals surface area contributed by atoms with Gasteiger partial charge < -0.3 is 4.74 Å². The van der Waals surface area contributed by atoms with Gasteiger partial charge in [-0.2, -0.15) is 0 Å². The van der Waals surface area contributed by atoms with Gasteiger partial charge in [0.05, 0.1) is 17.6 Å². The first-order valence-corrected chi connectivity index (χ1v) is 8.07. The number of methoxy groups -OCH3 is 1. The van der Waals surface area contributed by atoms with Crippen molar-refractivity contribution in [2.75, 3.05) is 12.9 Å². The third kappa shape index (κ3) is 4.34. The van der Waals surface area contributed by atoms with E-state index in [2.05, 4.69) is 0 Å². The fourth-order valence-corrected chi connectivity index (χ4v) is 2.91. The Kier molecular flexibility index (Phi) is 5.34. The maximum absolute atomic E-state index is 12.1. The zero-order valence-electron chi connectivity index (χ0n) is 12.3. The number of ether oxygens (including phenoxy) is 1. The number of benzene rings is 1. The summed E-state index contributed by atoms with van der Waals surface area (Å²) in [6, 6.07) is 7.23. The van der Waals surface area contributed by atoms with E-state index in [4.69, 9.17) is 4.74 Å². The maximum atomic E-state index is 12.1. The minimum Gasteiger partial charge on any atom is -0.497 e. The van der Waals surface area contributed by atoms with E-state index >= 15 is 0 Å². The smallest absolute Gasteiger partial charge is 0.203 e. The summed E-state index contributed by atoms with van der Waals surface area (Å²) in [5.41, 5.74) is 0.892. The van der Waals surface area contributed by atoms with Crippen LogP contribution in [0, 0.1) is 5.92 Å². The Bertz CT molecular complexity index is 538. The van der Waals surface area contributed by atoms with E-state index in [0.717, 1.165) is 11.3 Å². The largest absolute Gasteiger partial charge is 0.497 e. The average molecular weight is 297 g/mol. The lowest BCUT2D eigenvalue weighted by molar-refractivity contribution is 0.414. The Balaban J connectivity index is 2.80. The molecule has 1 unspecified atom stereocenters. The maximum Gasteiger partial charge on any atom is 0.203 e. The van der Waals surface area contributed by atoms with Gasteiger partial charge in [-0.15, -0.1) is 0 Å². The highest BCUT2D eigenvalue weighted by Gasteiger charge is 2.31. The van der Waals surface area contributed by atoms with Crippen LogP contribution in [0.1, 0.15) is 26.3 Å². The molecular weight excluding hydrogens is 276 g/mol. The van der Waals surface area contributed by atoms with Gasteiger partial charge in [0.15, 0.2) is 9.84 Å². The Morgan fingerprint density at radius 1 is 1.20 bits per heavy atom. The normalized spacial score (nSPS) is 13.8. The van der Waals surface area contributed by atoms with Crippen molar-refractivity contribution >= 4 is 16.1 Å². The number of hydrogen-bond acceptors (Lipinski definition) is 4. The summed E-state index contributed by atoms with van der Waals surface area (Å²) in [5, 5.41) is 0. The first-order chi connectivity index (χ1) is 9.19. The van der Waals surface area contributed by atoms with E-state index in [9.17, 15) is 13.2 Å². The number of hydrogen-bond donors (Lipinski definition) is 0. The monoisotopic (exact) mass is 297 g/mol. The second-order valence-corrected chi connectivity index (χ2v) is 8.55. The van der Waals surface area contributed by atoms with Gasteiger partial charge in [0.25, 0.3) is 0 Å². The van der Waals surface area contributed by atoms with E-state index in [1.54, 1.807) is 40.0 Å². The first-order valence-electron chi connectivity index (χ1n) is 6.42. The van der Waals surface area contributed by atoms with Gasteiger partial charge in [-0.25, -0.2) is 8.42 Å². The van der Waals surface area contributed by atoms with Crippen molar-refractivity contribution in [2.45, 2.75) is 31.9 Å². The van der Waals surface area contributed by atoms with Gasteiger partial charge in [0.1, 0.15) is 5.75 Å². The van der Waals surface area contributed by atoms with Gasteiger partial charge in [0.2, 0.25) is 6.29 Å². The Morgan fingerprint density at radius 2 is 1.75 bits per heavy atom. The fourth-order valence-electron chi connectivity index (χ4n) is 1.70. The van der Waals surface area contributed by atoms with Crippen molar-refractivity contribution in [1.29, 1.82) is 0 Å². The second-order valence-electron chi connectivity index (χ2n) is 5.76. The van der Waals surface area contributed by atoms with Crippen LogP contribution in [0.2, 0.25) is 0 Å². The highest BCUT2D eigenvalue weighted by Crippen LogP contribution is 2.21. The van der Waals surface area contributed by atoms with Crippen molar-refractivity contribution in [2.24, 2.45) is 5.92 Å². The molecule has 0 N–H and O–H groups in total. The molecule has 5 heteroatoms. The van der Waals surface area contributed by atoms with Crippen LogP contribution < -0.4 is 4.74 Å². The van der Waals surface area contributed by atoms with Gasteiger partial charge in [-0.3, -0.25) is 4.79 Å². The second kappa shape index (κ2) is 6.39. The summed E-state index contributed by atoms with van der Waals surface area (Å²) in [4.78, 5) is 11.0. The van der Waals surface area contributed by atoms with Crippen LogP contribution in [0.4, 0.5) is 0 Å². The van der Waals surface area contributed by atoms with Crippen molar-refractivity contribution < 1.29 is 17.9 Å². The first kappa shape index (κ1) is 16.7. The molecule has 0 saturated carbocycles. The Morgan fingerprint density at radius 3 is 2.15 bits per heavy atom. The quantitative estimate of drug-likeness (QED) is 0.807. The van der Waals surface area contributed by atoms with Crippen LogP contribution >= 0.6 is 0 Å². The molecule has 0 aliphatic heterocycles. The van der Waals surface area contributed by atoms with Crippen molar-refractivity contribution in [3.8, 4) is 5.75 Å². The molecule has 0 saturated heterocycles. The zero-order chi connectivity index (χ0) is 15.4. The van der Waals surface area contributed by atoms with Crippen LogP contribution in [0.15, 0.2) is 24.3 Å². The van der Waals surface area contributed by atoms with Crippen LogP contribution in [0.3, 0.4) is 0 Å². The molecule has 1 radical (unpaired) electrons. The summed E-state index contributed by atoms with van der Waals surface area (Å²) >= 11 is 0. The molecule has 0 aliphatic carbocycles. The highest BCUT2D eigenvalue weighted by molar-refractivity contribution is 7.92. The van der Waals surface area contributed by atoms with Crippen LogP contribution in [0.25, 0.3) is 0 Å². The molecular formula is C15H21O4S. The van der Waals surface area contributed by atoms with Crippen LogP contribution in [-0.4, -0.2) is 32.3 Å². The Hall–Kier alpha value is -1.36. The van der Waals surface area contributed by atoms with Crippen molar-refractivity contribution in [3.05, 3.63) is 29.8 Å². The topological polar surface area (TPSA) is 60.4 Å². The predicted octanol–water partition coefficient (Wildman–Crippen LogP) is 2.18. The molecule has 1 atom stereocenters. The summed E-state index contributed by atoms with van der Waals surface area (Å²) in [5.74, 6) is -0.0956. The lowest BCUT2D eigenvalue weighted by Gasteiger charge is -2.21. The standard InChI is InChI=1S/C15H21O4S/c1-15(2,3)20(17,18)11-13(10-16)9-12-5-7-14(19-4)8-6-12/h5-8,13H,9,11H2,1-4H3. The zero-order valence-corrected chi connectivity index (χ0v) is 13.2. The van der Waals surface area contributed by atoms with E-state index in [1.807, 2.05) is 18.4 Å². The lowest BCUT2D eigenvalue weighted by Crippen LogP contribution is -2.34. The molecule has 0 heterocycles. The fraction of sp³-hybridized carbons (Fsp3) is 0.533. The van der Waals surface area contributed by atoms with Crippen LogP contribution in [-0.2, 0) is 21.1 Å². The molecule has 111 valence electrons. The third-order valence-corrected chi connectivity index (χ3v) is 5.87. The minimum atomic E-state index is -3.33. The summed E-state index contributed by atoms with van der Waals surface area (Å²) in [6.45, 7) is 4.91. The number of rotatable bonds is 6. The summed E-state index contributed by atoms with van der Waals surface area (Å²) in [7, 11) is -1.75. The SMILES string of the molecule is COc1ccc(CC([C]=O)CS(=O)(=O)C(C)(C)C)cc1. The molecule has 0 aromatic heterocycles. The molecule has 0 fully saturated rings. The van der Waals surface area contributed by atoms with E-state index in [0.29, 0.717) is 6.42 Å². The average Bonchev–Trinajstić information content (AvgIpc) is 2.37. The predicted molar refractivity (Wildman–Crippen MR) is 79.4 cm³/mol.